The van der Waals surface area contributed by atoms with Gasteiger partial charge in [0.1, 0.15) is 11.5 Å². The summed E-state index contributed by atoms with van der Waals surface area (Å²) in [6, 6.07) is 27.9. The van der Waals surface area contributed by atoms with Gasteiger partial charge in [-0.15, -0.1) is 10.2 Å². The van der Waals surface area contributed by atoms with Gasteiger partial charge >= 0.3 is 0 Å². The largest absolute Gasteiger partial charge is 0.497 e. The van der Waals surface area contributed by atoms with Crippen molar-refractivity contribution in [1.82, 2.24) is 15.5 Å². The number of carbonyl (C=O) groups is 1. The molecule has 31 heavy (non-hydrogen) atoms. The second-order valence-corrected chi connectivity index (χ2v) is 6.78. The summed E-state index contributed by atoms with van der Waals surface area (Å²) in [5, 5.41) is 11.3. The lowest BCUT2D eigenvalue weighted by Crippen LogP contribution is -2.22. The number of benzene rings is 3. The van der Waals surface area contributed by atoms with Crippen LogP contribution in [-0.4, -0.2) is 23.2 Å². The first kappa shape index (κ1) is 20.1. The highest BCUT2D eigenvalue weighted by Gasteiger charge is 2.08. The summed E-state index contributed by atoms with van der Waals surface area (Å²) in [6.45, 7) is 0.488. The summed E-state index contributed by atoms with van der Waals surface area (Å²) >= 11 is 0. The molecular weight excluding hydrogens is 390 g/mol. The molecule has 154 valence electrons. The minimum Gasteiger partial charge on any atom is -0.497 e. The van der Waals surface area contributed by atoms with Gasteiger partial charge in [-0.3, -0.25) is 4.79 Å². The average molecular weight is 411 g/mol. The van der Waals surface area contributed by atoms with Crippen LogP contribution in [0, 0.1) is 0 Å². The Bertz CT molecular complexity index is 1140. The summed E-state index contributed by atoms with van der Waals surface area (Å²) in [6.07, 6.45) is 0. The summed E-state index contributed by atoms with van der Waals surface area (Å²) in [7, 11) is 1.60. The molecule has 0 aliphatic heterocycles. The number of hydrogen-bond acceptors (Lipinski definition) is 5. The third kappa shape index (κ3) is 5.25. The molecule has 0 saturated heterocycles. The van der Waals surface area contributed by atoms with Crippen molar-refractivity contribution in [2.45, 2.75) is 6.54 Å². The zero-order chi connectivity index (χ0) is 21.5. The van der Waals surface area contributed by atoms with Gasteiger partial charge in [-0.05, 0) is 35.9 Å². The Morgan fingerprint density at radius 3 is 2.32 bits per heavy atom. The molecule has 0 saturated carbocycles. The molecule has 4 aromatic rings. The fourth-order valence-corrected chi connectivity index (χ4v) is 2.99. The lowest BCUT2D eigenvalue weighted by molar-refractivity contribution is 0.0951. The monoisotopic (exact) mass is 411 g/mol. The van der Waals surface area contributed by atoms with Crippen molar-refractivity contribution < 1.29 is 14.3 Å². The summed E-state index contributed by atoms with van der Waals surface area (Å²) in [4.78, 5) is 12.4. The van der Waals surface area contributed by atoms with Crippen LogP contribution >= 0.6 is 0 Å². The maximum atomic E-state index is 12.4. The van der Waals surface area contributed by atoms with Gasteiger partial charge < -0.3 is 14.8 Å². The number of nitrogens with one attached hydrogen (secondary N) is 1. The molecule has 0 aliphatic carbocycles. The Morgan fingerprint density at radius 1 is 0.839 bits per heavy atom. The molecule has 6 heteroatoms. The predicted molar refractivity (Wildman–Crippen MR) is 118 cm³/mol. The SMILES string of the molecule is COc1cccc(Oc2ccc(-c3ccc(C(=O)NCc4ccccc4)cc3)nn2)c1. The zero-order valence-corrected chi connectivity index (χ0v) is 17.0. The van der Waals surface area contributed by atoms with Crippen molar-refractivity contribution in [1.29, 1.82) is 0 Å². The molecule has 0 fully saturated rings. The van der Waals surface area contributed by atoms with E-state index in [-0.39, 0.29) is 5.91 Å². The van der Waals surface area contributed by atoms with Gasteiger partial charge in [0.2, 0.25) is 5.88 Å². The Kier molecular flexibility index (Phi) is 6.18. The fraction of sp³-hybridized carbons (Fsp3) is 0.0800. The van der Waals surface area contributed by atoms with Crippen LogP contribution in [0.3, 0.4) is 0 Å². The quantitative estimate of drug-likeness (QED) is 0.469. The van der Waals surface area contributed by atoms with Gasteiger partial charge in [-0.1, -0.05) is 48.5 Å². The standard InChI is InChI=1S/C25H21N3O3/c1-30-21-8-5-9-22(16-21)31-24-15-14-23(27-28-24)19-10-12-20(13-11-19)25(29)26-17-18-6-3-2-4-7-18/h2-16H,17H2,1H3,(H,26,29). The highest BCUT2D eigenvalue weighted by molar-refractivity contribution is 5.94. The predicted octanol–water partition coefficient (Wildman–Crippen LogP) is 4.87. The van der Waals surface area contributed by atoms with E-state index in [0.29, 0.717) is 35.2 Å². The molecule has 1 aromatic heterocycles. The van der Waals surface area contributed by atoms with E-state index >= 15 is 0 Å². The molecule has 4 rings (SSSR count). The zero-order valence-electron chi connectivity index (χ0n) is 17.0. The molecule has 0 bridgehead atoms. The van der Waals surface area contributed by atoms with Crippen molar-refractivity contribution in [2.75, 3.05) is 7.11 Å². The lowest BCUT2D eigenvalue weighted by Gasteiger charge is -2.08. The minimum atomic E-state index is -0.122. The van der Waals surface area contributed by atoms with Gasteiger partial charge in [0.25, 0.3) is 5.91 Å². The van der Waals surface area contributed by atoms with E-state index in [4.69, 9.17) is 9.47 Å². The van der Waals surface area contributed by atoms with Gasteiger partial charge in [-0.2, -0.15) is 0 Å². The molecule has 6 nitrogen and oxygen atoms in total. The van der Waals surface area contributed by atoms with E-state index in [1.165, 1.54) is 0 Å². The normalized spacial score (nSPS) is 10.4. The number of amides is 1. The topological polar surface area (TPSA) is 73.3 Å². The maximum absolute atomic E-state index is 12.4. The number of methoxy groups -OCH3 is 1. The minimum absolute atomic E-state index is 0.122. The van der Waals surface area contributed by atoms with Crippen LogP contribution < -0.4 is 14.8 Å². The molecule has 3 aromatic carbocycles. The highest BCUT2D eigenvalue weighted by atomic mass is 16.5. The first-order valence-corrected chi connectivity index (χ1v) is 9.79. The number of rotatable bonds is 7. The van der Waals surface area contributed by atoms with Crippen LogP contribution in [0.15, 0.2) is 91.0 Å². The van der Waals surface area contributed by atoms with Gasteiger partial charge in [0, 0.05) is 29.8 Å². The lowest BCUT2D eigenvalue weighted by atomic mass is 10.1. The van der Waals surface area contributed by atoms with Crippen LogP contribution in [-0.2, 0) is 6.54 Å². The smallest absolute Gasteiger partial charge is 0.251 e. The Labute approximate surface area is 180 Å². The molecule has 0 spiro atoms. The third-order valence-corrected chi connectivity index (χ3v) is 4.64. The van der Waals surface area contributed by atoms with Crippen LogP contribution in [0.1, 0.15) is 15.9 Å². The van der Waals surface area contributed by atoms with E-state index < -0.39 is 0 Å². The van der Waals surface area contributed by atoms with E-state index in [9.17, 15) is 4.79 Å². The van der Waals surface area contributed by atoms with Crippen molar-refractivity contribution in [3.05, 3.63) is 102 Å². The number of nitrogens with zero attached hydrogens (tertiary/aromatic N) is 2. The average Bonchev–Trinajstić information content (AvgIpc) is 2.84. The first-order chi connectivity index (χ1) is 15.2. The van der Waals surface area contributed by atoms with Gasteiger partial charge in [-0.25, -0.2) is 0 Å². The second kappa shape index (κ2) is 9.54. The van der Waals surface area contributed by atoms with Crippen molar-refractivity contribution in [3.8, 4) is 28.6 Å². The van der Waals surface area contributed by atoms with Gasteiger partial charge in [0.15, 0.2) is 0 Å². The summed E-state index contributed by atoms with van der Waals surface area (Å²) < 4.78 is 10.9. The van der Waals surface area contributed by atoms with Crippen molar-refractivity contribution in [3.63, 3.8) is 0 Å². The van der Waals surface area contributed by atoms with Crippen LogP contribution in [0.4, 0.5) is 0 Å². The Balaban J connectivity index is 1.38. The summed E-state index contributed by atoms with van der Waals surface area (Å²) in [5.41, 5.74) is 3.19. The molecule has 0 radical (unpaired) electrons. The Hall–Kier alpha value is -4.19. The molecule has 1 N–H and O–H groups in total. The fourth-order valence-electron chi connectivity index (χ4n) is 2.99. The number of ether oxygens (including phenoxy) is 2. The van der Waals surface area contributed by atoms with Crippen molar-refractivity contribution >= 4 is 5.91 Å². The molecule has 0 aliphatic rings. The van der Waals surface area contributed by atoms with Crippen molar-refractivity contribution in [2.24, 2.45) is 0 Å². The molecule has 1 amide bonds. The van der Waals surface area contributed by atoms with E-state index in [2.05, 4.69) is 15.5 Å². The van der Waals surface area contributed by atoms with Crippen LogP contribution in [0.2, 0.25) is 0 Å². The third-order valence-electron chi connectivity index (χ3n) is 4.64. The number of carbonyl (C=O) groups excluding carboxylic acids is 1. The maximum Gasteiger partial charge on any atom is 0.251 e. The first-order valence-electron chi connectivity index (χ1n) is 9.79. The second-order valence-electron chi connectivity index (χ2n) is 6.78. The van der Waals surface area contributed by atoms with E-state index in [1.807, 2.05) is 66.7 Å². The molecule has 0 unspecified atom stereocenters. The van der Waals surface area contributed by atoms with E-state index in [0.717, 1.165) is 11.1 Å². The van der Waals surface area contributed by atoms with E-state index in [1.54, 1.807) is 31.4 Å². The Morgan fingerprint density at radius 2 is 1.61 bits per heavy atom. The molecule has 1 heterocycles. The molecule has 0 atom stereocenters. The number of hydrogen-bond donors (Lipinski definition) is 1. The molecular formula is C25H21N3O3. The van der Waals surface area contributed by atoms with Crippen LogP contribution in [0.25, 0.3) is 11.3 Å². The highest BCUT2D eigenvalue weighted by Crippen LogP contribution is 2.25. The number of aromatic nitrogens is 2. The van der Waals surface area contributed by atoms with Gasteiger partial charge in [0.05, 0.1) is 12.8 Å². The summed E-state index contributed by atoms with van der Waals surface area (Å²) in [5.74, 6) is 1.58. The van der Waals surface area contributed by atoms with Crippen LogP contribution in [0.5, 0.6) is 17.4 Å².